The Labute approximate surface area is 189 Å². The predicted octanol–water partition coefficient (Wildman–Crippen LogP) is 2.82. The molecule has 29 heavy (non-hydrogen) atoms. The van der Waals surface area contributed by atoms with Crippen molar-refractivity contribution in [1.82, 2.24) is 25.4 Å². The van der Waals surface area contributed by atoms with Gasteiger partial charge < -0.3 is 20.1 Å². The molecular weight excluding hydrogens is 483 g/mol. The highest BCUT2D eigenvalue weighted by atomic mass is 127. The number of hydrogen-bond acceptors (Lipinski definition) is 5. The summed E-state index contributed by atoms with van der Waals surface area (Å²) in [5.41, 5.74) is 1.04. The number of halogens is 1. The van der Waals surface area contributed by atoms with Gasteiger partial charge in [0.15, 0.2) is 5.96 Å². The van der Waals surface area contributed by atoms with Crippen LogP contribution in [0.4, 0.5) is 0 Å². The zero-order valence-corrected chi connectivity index (χ0v) is 19.7. The summed E-state index contributed by atoms with van der Waals surface area (Å²) < 4.78 is 13.1. The summed E-state index contributed by atoms with van der Waals surface area (Å²) in [7, 11) is 1.67. The number of methoxy groups -OCH3 is 1. The fourth-order valence-corrected chi connectivity index (χ4v) is 3.32. The molecule has 0 amide bonds. The summed E-state index contributed by atoms with van der Waals surface area (Å²) in [6.07, 6.45) is 2.10. The molecule has 0 bridgehead atoms. The largest absolute Gasteiger partial charge is 0.496 e. The van der Waals surface area contributed by atoms with Crippen LogP contribution < -0.4 is 15.4 Å². The summed E-state index contributed by atoms with van der Waals surface area (Å²) in [4.78, 5) is 9.22. The van der Waals surface area contributed by atoms with Crippen molar-refractivity contribution >= 4 is 29.9 Å². The van der Waals surface area contributed by atoms with Crippen LogP contribution in [0, 0.1) is 6.92 Å². The molecule has 2 N–H and O–H groups in total. The van der Waals surface area contributed by atoms with E-state index in [2.05, 4.69) is 32.6 Å². The van der Waals surface area contributed by atoms with E-state index in [4.69, 9.17) is 9.47 Å². The normalized spacial score (nSPS) is 16.0. The zero-order chi connectivity index (χ0) is 19.8. The van der Waals surface area contributed by atoms with E-state index in [9.17, 15) is 0 Å². The van der Waals surface area contributed by atoms with Gasteiger partial charge in [0.25, 0.3) is 0 Å². The van der Waals surface area contributed by atoms with E-state index in [1.54, 1.807) is 7.11 Å². The maximum absolute atomic E-state index is 5.77. The van der Waals surface area contributed by atoms with Crippen LogP contribution >= 0.6 is 24.0 Å². The number of hydrogen-bond donors (Lipinski definition) is 2. The summed E-state index contributed by atoms with van der Waals surface area (Å²) >= 11 is 0. The van der Waals surface area contributed by atoms with Gasteiger partial charge in [0.1, 0.15) is 17.4 Å². The second-order valence-corrected chi connectivity index (χ2v) is 6.70. The lowest BCUT2D eigenvalue weighted by atomic mass is 10.1. The Hall–Kier alpha value is -1.88. The Morgan fingerprint density at radius 1 is 1.34 bits per heavy atom. The number of nitrogens with zero attached hydrogens (tertiary/aromatic N) is 4. The molecule has 0 spiro atoms. The molecule has 0 radical (unpaired) electrons. The minimum Gasteiger partial charge on any atom is -0.496 e. The van der Waals surface area contributed by atoms with E-state index in [1.165, 1.54) is 0 Å². The highest BCUT2D eigenvalue weighted by molar-refractivity contribution is 14.0. The number of aromatic nitrogens is 3. The van der Waals surface area contributed by atoms with Gasteiger partial charge in [-0.05, 0) is 32.8 Å². The van der Waals surface area contributed by atoms with Crippen LogP contribution in [0.3, 0.4) is 0 Å². The number of para-hydroxylation sites is 1. The van der Waals surface area contributed by atoms with E-state index in [1.807, 2.05) is 35.9 Å². The van der Waals surface area contributed by atoms with Crippen LogP contribution in [0.1, 0.15) is 43.0 Å². The van der Waals surface area contributed by atoms with E-state index in [0.29, 0.717) is 19.8 Å². The third-order valence-corrected chi connectivity index (χ3v) is 4.59. The molecule has 1 aromatic carbocycles. The standard InChI is InChI=1S/C20H30N6O2.HI/c1-4-21-20(24-17-9-7-12-26-19(17)23-15(2)25-26)22-11-13-28-14-16-8-5-6-10-18(16)27-3;/h5-6,8,10,17H,4,7,9,11-14H2,1-3H3,(H2,21,22,24);1H. The van der Waals surface area contributed by atoms with Gasteiger partial charge in [-0.2, -0.15) is 5.10 Å². The van der Waals surface area contributed by atoms with Gasteiger partial charge in [-0.3, -0.25) is 4.99 Å². The van der Waals surface area contributed by atoms with Crippen molar-refractivity contribution in [2.24, 2.45) is 4.99 Å². The van der Waals surface area contributed by atoms with Crippen LogP contribution in [0.5, 0.6) is 5.75 Å². The summed E-state index contributed by atoms with van der Waals surface area (Å²) in [6.45, 7) is 7.33. The SMILES string of the molecule is CCNC(=NCCOCc1ccccc1OC)NC1CCCn2nc(C)nc21.I. The molecule has 9 heteroatoms. The first kappa shape index (κ1) is 23.4. The summed E-state index contributed by atoms with van der Waals surface area (Å²) in [5, 5.41) is 11.3. The molecule has 160 valence electrons. The van der Waals surface area contributed by atoms with E-state index < -0.39 is 0 Å². The number of guanidine groups is 1. The van der Waals surface area contributed by atoms with Crippen molar-refractivity contribution in [2.45, 2.75) is 45.9 Å². The van der Waals surface area contributed by atoms with Gasteiger partial charge in [0.2, 0.25) is 0 Å². The van der Waals surface area contributed by atoms with Crippen molar-refractivity contribution in [3.63, 3.8) is 0 Å². The minimum atomic E-state index is 0. The lowest BCUT2D eigenvalue weighted by Gasteiger charge is -2.25. The maximum atomic E-state index is 5.77. The van der Waals surface area contributed by atoms with Crippen molar-refractivity contribution < 1.29 is 9.47 Å². The monoisotopic (exact) mass is 514 g/mol. The fourth-order valence-electron chi connectivity index (χ4n) is 3.32. The molecule has 1 aromatic heterocycles. The smallest absolute Gasteiger partial charge is 0.191 e. The van der Waals surface area contributed by atoms with Gasteiger partial charge >= 0.3 is 0 Å². The average molecular weight is 514 g/mol. The van der Waals surface area contributed by atoms with Crippen LogP contribution in [0.2, 0.25) is 0 Å². The topological polar surface area (TPSA) is 85.6 Å². The van der Waals surface area contributed by atoms with Crippen LogP contribution in [0.15, 0.2) is 29.3 Å². The quantitative estimate of drug-likeness (QED) is 0.244. The van der Waals surface area contributed by atoms with Crippen molar-refractivity contribution in [3.8, 4) is 5.75 Å². The predicted molar refractivity (Wildman–Crippen MR) is 124 cm³/mol. The molecule has 3 rings (SSSR count). The van der Waals surface area contributed by atoms with Gasteiger partial charge in [0.05, 0.1) is 32.9 Å². The van der Waals surface area contributed by atoms with Gasteiger partial charge in [0, 0.05) is 18.7 Å². The second-order valence-electron chi connectivity index (χ2n) is 6.70. The number of aliphatic imine (C=N–C) groups is 1. The molecule has 1 unspecified atom stereocenters. The molecule has 1 atom stereocenters. The van der Waals surface area contributed by atoms with Crippen LogP contribution in [-0.2, 0) is 17.9 Å². The number of nitrogens with one attached hydrogen (secondary N) is 2. The minimum absolute atomic E-state index is 0. The van der Waals surface area contributed by atoms with Crippen molar-refractivity contribution in [2.75, 3.05) is 26.8 Å². The first-order chi connectivity index (χ1) is 13.7. The van der Waals surface area contributed by atoms with Crippen LogP contribution in [0.25, 0.3) is 0 Å². The van der Waals surface area contributed by atoms with Crippen molar-refractivity contribution in [3.05, 3.63) is 41.5 Å². The average Bonchev–Trinajstić information content (AvgIpc) is 3.09. The molecule has 0 fully saturated rings. The highest BCUT2D eigenvalue weighted by Crippen LogP contribution is 2.22. The van der Waals surface area contributed by atoms with Crippen LogP contribution in [-0.4, -0.2) is 47.5 Å². The van der Waals surface area contributed by atoms with E-state index in [0.717, 1.165) is 54.9 Å². The highest BCUT2D eigenvalue weighted by Gasteiger charge is 2.24. The Morgan fingerprint density at radius 3 is 2.97 bits per heavy atom. The van der Waals surface area contributed by atoms with E-state index in [-0.39, 0.29) is 30.0 Å². The van der Waals surface area contributed by atoms with Gasteiger partial charge in [-0.25, -0.2) is 9.67 Å². The first-order valence-corrected chi connectivity index (χ1v) is 9.87. The molecule has 0 saturated carbocycles. The maximum Gasteiger partial charge on any atom is 0.191 e. The molecule has 0 aliphatic carbocycles. The molecule has 0 saturated heterocycles. The number of fused-ring (bicyclic) bond motifs is 1. The number of benzene rings is 1. The molecule has 1 aliphatic heterocycles. The summed E-state index contributed by atoms with van der Waals surface area (Å²) in [6, 6.07) is 8.01. The molecule has 1 aliphatic rings. The van der Waals surface area contributed by atoms with Gasteiger partial charge in [-0.1, -0.05) is 18.2 Å². The Kier molecular flexibility index (Phi) is 9.65. The Bertz CT molecular complexity index is 795. The second kappa shape index (κ2) is 12.0. The zero-order valence-electron chi connectivity index (χ0n) is 17.4. The third-order valence-electron chi connectivity index (χ3n) is 4.59. The van der Waals surface area contributed by atoms with Gasteiger partial charge in [-0.15, -0.1) is 24.0 Å². The molecule has 2 heterocycles. The Balaban J connectivity index is 0.00000300. The number of rotatable bonds is 8. The molecule has 2 aromatic rings. The van der Waals surface area contributed by atoms with E-state index >= 15 is 0 Å². The Morgan fingerprint density at radius 2 is 2.17 bits per heavy atom. The fraction of sp³-hybridized carbons (Fsp3) is 0.550. The molecule has 8 nitrogen and oxygen atoms in total. The number of aryl methyl sites for hydroxylation is 2. The first-order valence-electron chi connectivity index (χ1n) is 9.87. The lowest BCUT2D eigenvalue weighted by Crippen LogP contribution is -2.41. The summed E-state index contributed by atoms with van der Waals surface area (Å²) in [5.74, 6) is 3.43. The third kappa shape index (κ3) is 6.56. The number of ether oxygens (including phenoxy) is 2. The lowest BCUT2D eigenvalue weighted by molar-refractivity contribution is 0.126. The molecular formula is C20H31IN6O2. The van der Waals surface area contributed by atoms with Crippen molar-refractivity contribution in [1.29, 1.82) is 0 Å².